The van der Waals surface area contributed by atoms with Gasteiger partial charge in [0.2, 0.25) is 0 Å². The first-order chi connectivity index (χ1) is 11.2. The maximum absolute atomic E-state index is 11.3. The quantitative estimate of drug-likeness (QED) is 0.397. The molecule has 0 unspecified atom stereocenters. The Morgan fingerprint density at radius 3 is 2.39 bits per heavy atom. The van der Waals surface area contributed by atoms with E-state index in [9.17, 15) is 10.1 Å². The predicted molar refractivity (Wildman–Crippen MR) is 92.2 cm³/mol. The van der Waals surface area contributed by atoms with Gasteiger partial charge < -0.3 is 0 Å². The minimum absolute atomic E-state index is 0.120. The van der Waals surface area contributed by atoms with Gasteiger partial charge >= 0.3 is 5.70 Å². The number of nitro groups is 1. The van der Waals surface area contributed by atoms with Crippen LogP contribution >= 0.6 is 0 Å². The van der Waals surface area contributed by atoms with Crippen LogP contribution in [0.2, 0.25) is 0 Å². The van der Waals surface area contributed by atoms with Crippen LogP contribution in [-0.4, -0.2) is 4.92 Å². The molecule has 3 heteroatoms. The van der Waals surface area contributed by atoms with Crippen molar-refractivity contribution in [1.29, 1.82) is 0 Å². The van der Waals surface area contributed by atoms with Crippen LogP contribution in [0.15, 0.2) is 78.5 Å². The van der Waals surface area contributed by atoms with Crippen LogP contribution in [0, 0.1) is 22.0 Å². The molecule has 0 spiro atoms. The molecule has 0 heterocycles. The second-order valence-corrected chi connectivity index (χ2v) is 4.97. The Morgan fingerprint density at radius 1 is 0.913 bits per heavy atom. The minimum atomic E-state index is -0.447. The molecule has 0 fully saturated rings. The Labute approximate surface area is 134 Å². The van der Waals surface area contributed by atoms with Gasteiger partial charge in [0, 0.05) is 17.6 Å². The van der Waals surface area contributed by atoms with E-state index in [4.69, 9.17) is 0 Å². The lowest BCUT2D eigenvalue weighted by atomic mass is 10.0. The van der Waals surface area contributed by atoms with E-state index in [-0.39, 0.29) is 5.70 Å². The number of hydrogen-bond donors (Lipinski definition) is 0. The molecule has 0 aliphatic heterocycles. The summed E-state index contributed by atoms with van der Waals surface area (Å²) in [6, 6.07) is 22.7. The van der Waals surface area contributed by atoms with E-state index in [0.29, 0.717) is 0 Å². The zero-order valence-corrected chi connectivity index (χ0v) is 12.3. The highest BCUT2D eigenvalue weighted by Gasteiger charge is 2.08. The molecule has 0 saturated carbocycles. The Kier molecular flexibility index (Phi) is 4.17. The van der Waals surface area contributed by atoms with Crippen LogP contribution in [-0.2, 0) is 0 Å². The maximum Gasteiger partial charge on any atom is 0.320 e. The molecule has 3 nitrogen and oxygen atoms in total. The van der Waals surface area contributed by atoms with Gasteiger partial charge in [-0.3, -0.25) is 10.1 Å². The standard InChI is InChI=1S/C20H13NO2/c22-21(23)19(14-13-16-7-2-1-3-8-16)15-18-11-6-10-17-9-4-5-12-20(17)18/h1-12,15H/b19-15+. The molecule has 23 heavy (non-hydrogen) atoms. The maximum atomic E-state index is 11.3. The SMILES string of the molecule is O=[N+]([O-])/C(C#Cc1ccccc1)=C/c1cccc2ccccc12. The van der Waals surface area contributed by atoms with Crippen LogP contribution < -0.4 is 0 Å². The van der Waals surface area contributed by atoms with Gasteiger partial charge in [0.1, 0.15) is 0 Å². The molecule has 0 aromatic heterocycles. The fourth-order valence-electron chi connectivity index (χ4n) is 2.32. The predicted octanol–water partition coefficient (Wildman–Crippen LogP) is 4.51. The van der Waals surface area contributed by atoms with Crippen LogP contribution in [0.3, 0.4) is 0 Å². The van der Waals surface area contributed by atoms with Crippen LogP contribution in [0.5, 0.6) is 0 Å². The normalized spacial score (nSPS) is 10.9. The third kappa shape index (κ3) is 3.45. The van der Waals surface area contributed by atoms with Crippen molar-refractivity contribution in [2.45, 2.75) is 0 Å². The van der Waals surface area contributed by atoms with Gasteiger partial charge in [-0.1, -0.05) is 66.6 Å². The third-order valence-electron chi connectivity index (χ3n) is 3.42. The van der Waals surface area contributed by atoms with E-state index in [1.165, 1.54) is 6.08 Å². The topological polar surface area (TPSA) is 43.1 Å². The lowest BCUT2D eigenvalue weighted by molar-refractivity contribution is -0.415. The Hall–Kier alpha value is -3.38. The summed E-state index contributed by atoms with van der Waals surface area (Å²) in [6.07, 6.45) is 1.53. The van der Waals surface area contributed by atoms with E-state index >= 15 is 0 Å². The third-order valence-corrected chi connectivity index (χ3v) is 3.42. The summed E-state index contributed by atoms with van der Waals surface area (Å²) >= 11 is 0. The fourth-order valence-corrected chi connectivity index (χ4v) is 2.32. The van der Waals surface area contributed by atoms with Crippen LogP contribution in [0.4, 0.5) is 0 Å². The first kappa shape index (κ1) is 14.6. The number of rotatable bonds is 2. The van der Waals surface area contributed by atoms with Gasteiger partial charge in [0.05, 0.1) is 4.92 Å². The summed E-state index contributed by atoms with van der Waals surface area (Å²) in [5.41, 5.74) is 1.42. The molecule has 3 aromatic rings. The first-order valence-corrected chi connectivity index (χ1v) is 7.15. The van der Waals surface area contributed by atoms with Crippen molar-refractivity contribution < 1.29 is 4.92 Å². The van der Waals surface area contributed by atoms with E-state index in [2.05, 4.69) is 11.8 Å². The van der Waals surface area contributed by atoms with Crippen molar-refractivity contribution >= 4 is 16.8 Å². The summed E-state index contributed by atoms with van der Waals surface area (Å²) in [5, 5.41) is 13.3. The Morgan fingerprint density at radius 2 is 1.61 bits per heavy atom. The van der Waals surface area contributed by atoms with E-state index in [1.807, 2.05) is 72.8 Å². The molecular formula is C20H13NO2. The average molecular weight is 299 g/mol. The zero-order chi connectivity index (χ0) is 16.1. The lowest BCUT2D eigenvalue weighted by Gasteiger charge is -2.01. The smallest absolute Gasteiger partial charge is 0.258 e. The van der Waals surface area contributed by atoms with Crippen molar-refractivity contribution in [2.75, 3.05) is 0 Å². The van der Waals surface area contributed by atoms with Gasteiger partial charge in [-0.25, -0.2) is 0 Å². The van der Waals surface area contributed by atoms with E-state index < -0.39 is 4.92 Å². The summed E-state index contributed by atoms with van der Waals surface area (Å²) in [5.74, 6) is 5.50. The van der Waals surface area contributed by atoms with Crippen molar-refractivity contribution in [3.05, 3.63) is 99.7 Å². The molecule has 0 amide bonds. The highest BCUT2D eigenvalue weighted by Crippen LogP contribution is 2.20. The molecule has 0 radical (unpaired) electrons. The van der Waals surface area contributed by atoms with Gasteiger partial charge in [0.25, 0.3) is 0 Å². The Bertz CT molecular complexity index is 942. The molecule has 0 bridgehead atoms. The first-order valence-electron chi connectivity index (χ1n) is 7.15. The van der Waals surface area contributed by atoms with Crippen molar-refractivity contribution in [1.82, 2.24) is 0 Å². The van der Waals surface area contributed by atoms with Crippen molar-refractivity contribution in [3.8, 4) is 11.8 Å². The Balaban J connectivity index is 2.06. The van der Waals surface area contributed by atoms with Gasteiger partial charge in [-0.05, 0) is 28.5 Å². The molecule has 0 N–H and O–H groups in total. The molecule has 0 atom stereocenters. The number of fused-ring (bicyclic) bond motifs is 1. The number of nitrogens with zero attached hydrogens (tertiary/aromatic N) is 1. The summed E-state index contributed by atoms with van der Waals surface area (Å²) in [7, 11) is 0. The van der Waals surface area contributed by atoms with Crippen LogP contribution in [0.1, 0.15) is 11.1 Å². The highest BCUT2D eigenvalue weighted by molar-refractivity contribution is 5.91. The largest absolute Gasteiger partial charge is 0.320 e. The number of allylic oxidation sites excluding steroid dienone is 1. The average Bonchev–Trinajstić information content (AvgIpc) is 2.59. The molecule has 110 valence electrons. The molecular weight excluding hydrogens is 286 g/mol. The van der Waals surface area contributed by atoms with Crippen molar-refractivity contribution in [3.63, 3.8) is 0 Å². The summed E-state index contributed by atoms with van der Waals surface area (Å²) in [6.45, 7) is 0. The second-order valence-electron chi connectivity index (χ2n) is 4.97. The molecule has 0 aliphatic rings. The molecule has 3 aromatic carbocycles. The summed E-state index contributed by atoms with van der Waals surface area (Å²) in [4.78, 5) is 10.8. The zero-order valence-electron chi connectivity index (χ0n) is 12.3. The number of hydrogen-bond acceptors (Lipinski definition) is 2. The molecule has 0 saturated heterocycles. The van der Waals surface area contributed by atoms with Crippen LogP contribution in [0.25, 0.3) is 16.8 Å². The van der Waals surface area contributed by atoms with Crippen molar-refractivity contribution in [2.24, 2.45) is 0 Å². The molecule has 3 rings (SSSR count). The van der Waals surface area contributed by atoms with Gasteiger partial charge in [0.15, 0.2) is 0 Å². The highest BCUT2D eigenvalue weighted by atomic mass is 16.6. The summed E-state index contributed by atoms with van der Waals surface area (Å²) < 4.78 is 0. The monoisotopic (exact) mass is 299 g/mol. The molecule has 0 aliphatic carbocycles. The van der Waals surface area contributed by atoms with E-state index in [0.717, 1.165) is 21.9 Å². The van der Waals surface area contributed by atoms with E-state index in [1.54, 1.807) is 0 Å². The lowest BCUT2D eigenvalue weighted by Crippen LogP contribution is -1.96. The minimum Gasteiger partial charge on any atom is -0.258 e. The van der Waals surface area contributed by atoms with Gasteiger partial charge in [-0.15, -0.1) is 0 Å². The van der Waals surface area contributed by atoms with Gasteiger partial charge in [-0.2, -0.15) is 0 Å². The number of benzene rings is 3. The fraction of sp³-hybridized carbons (Fsp3) is 0. The second kappa shape index (κ2) is 6.59.